The summed E-state index contributed by atoms with van der Waals surface area (Å²) in [4.78, 5) is 53.2. The third-order valence-electron chi connectivity index (χ3n) is 6.37. The number of nitrogens with one attached hydrogen (secondary N) is 2. The minimum atomic E-state index is -0.946. The van der Waals surface area contributed by atoms with Crippen molar-refractivity contribution >= 4 is 23.6 Å². The Morgan fingerprint density at radius 1 is 1.14 bits per heavy atom. The van der Waals surface area contributed by atoms with Gasteiger partial charge in [0.1, 0.15) is 6.04 Å². The highest BCUT2D eigenvalue weighted by Crippen LogP contribution is 2.33. The van der Waals surface area contributed by atoms with Crippen LogP contribution in [0.1, 0.15) is 39.1 Å². The molecular formula is C20H22N4O5. The van der Waals surface area contributed by atoms with E-state index in [4.69, 9.17) is 4.74 Å². The van der Waals surface area contributed by atoms with Crippen molar-refractivity contribution in [3.8, 4) is 0 Å². The maximum Gasteiger partial charge on any atom is 0.262 e. The van der Waals surface area contributed by atoms with Crippen molar-refractivity contribution in [3.05, 3.63) is 34.9 Å². The monoisotopic (exact) mass is 398 g/mol. The van der Waals surface area contributed by atoms with Crippen molar-refractivity contribution in [2.75, 3.05) is 32.8 Å². The molecule has 1 aromatic rings. The van der Waals surface area contributed by atoms with Crippen molar-refractivity contribution in [1.82, 2.24) is 20.4 Å². The summed E-state index contributed by atoms with van der Waals surface area (Å²) in [6, 6.07) is 4.33. The Morgan fingerprint density at radius 3 is 2.69 bits per heavy atom. The standard InChI is InChI=1S/C20H22N4O5/c25-15-5-4-14(17(26)22-15)24-18(27)13-3-1-2-12(16(13)19(24)28)8-23-6-7-29-11-20(23)9-21-10-20/h1-3,14,21H,4-11H2,(H,22,25,26). The van der Waals surface area contributed by atoms with Crippen LogP contribution in [0.15, 0.2) is 18.2 Å². The molecule has 1 unspecified atom stereocenters. The minimum absolute atomic E-state index is 0.0735. The van der Waals surface area contributed by atoms with E-state index in [0.717, 1.165) is 30.1 Å². The summed E-state index contributed by atoms with van der Waals surface area (Å²) < 4.78 is 5.66. The van der Waals surface area contributed by atoms with Crippen LogP contribution >= 0.6 is 0 Å². The lowest BCUT2D eigenvalue weighted by molar-refractivity contribution is -0.136. The van der Waals surface area contributed by atoms with Crippen LogP contribution in [-0.4, -0.2) is 77.9 Å². The van der Waals surface area contributed by atoms with E-state index in [2.05, 4.69) is 15.5 Å². The molecule has 3 fully saturated rings. The summed E-state index contributed by atoms with van der Waals surface area (Å²) in [6.45, 7) is 4.23. The van der Waals surface area contributed by atoms with E-state index < -0.39 is 23.8 Å². The van der Waals surface area contributed by atoms with E-state index in [1.165, 1.54) is 0 Å². The number of ether oxygens (including phenoxy) is 1. The van der Waals surface area contributed by atoms with Gasteiger partial charge in [-0.1, -0.05) is 12.1 Å². The van der Waals surface area contributed by atoms with Gasteiger partial charge in [0.15, 0.2) is 0 Å². The number of benzene rings is 1. The number of amides is 4. The van der Waals surface area contributed by atoms with Gasteiger partial charge in [0, 0.05) is 32.6 Å². The number of carbonyl (C=O) groups excluding carboxylic acids is 4. The Balaban J connectivity index is 1.45. The highest BCUT2D eigenvalue weighted by Gasteiger charge is 2.48. The molecule has 3 saturated heterocycles. The number of carbonyl (C=O) groups is 4. The predicted octanol–water partition coefficient (Wildman–Crippen LogP) is -0.738. The normalized spacial score (nSPS) is 26.5. The molecule has 0 saturated carbocycles. The summed E-state index contributed by atoms with van der Waals surface area (Å²) in [7, 11) is 0. The van der Waals surface area contributed by atoms with Crippen molar-refractivity contribution in [2.24, 2.45) is 0 Å². The number of piperidine rings is 1. The molecule has 9 heteroatoms. The lowest BCUT2D eigenvalue weighted by Crippen LogP contribution is -2.73. The first-order valence-electron chi connectivity index (χ1n) is 9.87. The van der Waals surface area contributed by atoms with Crippen LogP contribution < -0.4 is 10.6 Å². The maximum atomic E-state index is 13.2. The zero-order valence-electron chi connectivity index (χ0n) is 15.9. The second-order valence-electron chi connectivity index (χ2n) is 8.09. The van der Waals surface area contributed by atoms with Gasteiger partial charge in [-0.25, -0.2) is 0 Å². The fourth-order valence-corrected chi connectivity index (χ4v) is 4.67. The van der Waals surface area contributed by atoms with Crippen LogP contribution in [0.4, 0.5) is 0 Å². The Morgan fingerprint density at radius 2 is 1.97 bits per heavy atom. The highest BCUT2D eigenvalue weighted by molar-refractivity contribution is 6.24. The van der Waals surface area contributed by atoms with Crippen LogP contribution in [0.2, 0.25) is 0 Å². The van der Waals surface area contributed by atoms with Crippen LogP contribution in [0.25, 0.3) is 0 Å². The molecule has 4 amide bonds. The first-order chi connectivity index (χ1) is 14.0. The molecule has 4 aliphatic rings. The third kappa shape index (κ3) is 2.80. The minimum Gasteiger partial charge on any atom is -0.378 e. The first kappa shape index (κ1) is 18.4. The summed E-state index contributed by atoms with van der Waals surface area (Å²) in [5.41, 5.74) is 1.40. The van der Waals surface area contributed by atoms with Crippen LogP contribution in [0, 0.1) is 0 Å². The van der Waals surface area contributed by atoms with Gasteiger partial charge in [-0.2, -0.15) is 0 Å². The Kier molecular flexibility index (Phi) is 4.27. The fourth-order valence-electron chi connectivity index (χ4n) is 4.67. The van der Waals surface area contributed by atoms with Gasteiger partial charge in [-0.3, -0.25) is 34.3 Å². The largest absolute Gasteiger partial charge is 0.378 e. The van der Waals surface area contributed by atoms with Crippen molar-refractivity contribution in [1.29, 1.82) is 0 Å². The summed E-state index contributed by atoms with van der Waals surface area (Å²) >= 11 is 0. The van der Waals surface area contributed by atoms with Crippen LogP contribution in [0.5, 0.6) is 0 Å². The molecular weight excluding hydrogens is 376 g/mol. The number of fused-ring (bicyclic) bond motifs is 1. The SMILES string of the molecule is O=C1CCC(N2C(=O)c3cccc(CN4CCOCC45CNC5)c3C2=O)C(=O)N1. The lowest BCUT2D eigenvalue weighted by atomic mass is 9.89. The molecule has 0 aliphatic carbocycles. The third-order valence-corrected chi connectivity index (χ3v) is 6.37. The number of hydrogen-bond donors (Lipinski definition) is 2. The van der Waals surface area contributed by atoms with Gasteiger partial charge >= 0.3 is 0 Å². The highest BCUT2D eigenvalue weighted by atomic mass is 16.5. The van der Waals surface area contributed by atoms with Gasteiger partial charge in [-0.15, -0.1) is 0 Å². The molecule has 1 spiro atoms. The second-order valence-corrected chi connectivity index (χ2v) is 8.09. The summed E-state index contributed by atoms with van der Waals surface area (Å²) in [6.07, 6.45) is 0.268. The molecule has 1 atom stereocenters. The lowest BCUT2D eigenvalue weighted by Gasteiger charge is -2.53. The molecule has 4 aliphatic heterocycles. The first-order valence-corrected chi connectivity index (χ1v) is 9.87. The molecule has 29 heavy (non-hydrogen) atoms. The Labute approximate surface area is 167 Å². The molecule has 1 aromatic carbocycles. The van der Waals surface area contributed by atoms with Crippen LogP contribution in [-0.2, 0) is 20.9 Å². The fraction of sp³-hybridized carbons (Fsp3) is 0.500. The quantitative estimate of drug-likeness (QED) is 0.646. The maximum absolute atomic E-state index is 13.2. The Hall–Kier alpha value is -2.62. The predicted molar refractivity (Wildman–Crippen MR) is 99.9 cm³/mol. The molecule has 4 heterocycles. The molecule has 0 aromatic heterocycles. The molecule has 152 valence electrons. The van der Waals surface area contributed by atoms with E-state index in [9.17, 15) is 19.2 Å². The summed E-state index contributed by atoms with van der Waals surface area (Å²) in [5.74, 6) is -1.90. The average Bonchev–Trinajstić information content (AvgIpc) is 2.93. The molecule has 5 rings (SSSR count). The molecule has 9 nitrogen and oxygen atoms in total. The number of hydrogen-bond acceptors (Lipinski definition) is 7. The van der Waals surface area contributed by atoms with E-state index in [1.54, 1.807) is 12.1 Å². The van der Waals surface area contributed by atoms with E-state index in [-0.39, 0.29) is 24.3 Å². The van der Waals surface area contributed by atoms with Gasteiger partial charge in [0.2, 0.25) is 11.8 Å². The molecule has 0 bridgehead atoms. The number of nitrogens with zero attached hydrogens (tertiary/aromatic N) is 2. The van der Waals surface area contributed by atoms with E-state index >= 15 is 0 Å². The topological polar surface area (TPSA) is 108 Å². The van der Waals surface area contributed by atoms with Gasteiger partial charge < -0.3 is 10.1 Å². The van der Waals surface area contributed by atoms with Crippen molar-refractivity contribution in [2.45, 2.75) is 31.0 Å². The number of morpholine rings is 1. The summed E-state index contributed by atoms with van der Waals surface area (Å²) in [5, 5.41) is 5.52. The van der Waals surface area contributed by atoms with Gasteiger partial charge in [-0.05, 0) is 18.1 Å². The second kappa shape index (κ2) is 6.72. The van der Waals surface area contributed by atoms with Gasteiger partial charge in [0.25, 0.3) is 11.8 Å². The number of imide groups is 2. The molecule has 2 N–H and O–H groups in total. The zero-order chi connectivity index (χ0) is 20.2. The Bertz CT molecular complexity index is 925. The van der Waals surface area contributed by atoms with Crippen LogP contribution in [0.3, 0.4) is 0 Å². The van der Waals surface area contributed by atoms with E-state index in [1.807, 2.05) is 6.07 Å². The van der Waals surface area contributed by atoms with E-state index in [0.29, 0.717) is 30.9 Å². The molecule has 0 radical (unpaired) electrons. The smallest absolute Gasteiger partial charge is 0.262 e. The average molecular weight is 398 g/mol. The van der Waals surface area contributed by atoms with Gasteiger partial charge in [0.05, 0.1) is 29.9 Å². The zero-order valence-corrected chi connectivity index (χ0v) is 15.9. The van der Waals surface area contributed by atoms with Crippen molar-refractivity contribution in [3.63, 3.8) is 0 Å². The number of rotatable bonds is 3. The van der Waals surface area contributed by atoms with Crippen molar-refractivity contribution < 1.29 is 23.9 Å².